The van der Waals surface area contributed by atoms with Crippen molar-refractivity contribution in [2.24, 2.45) is 5.73 Å². The molecule has 0 saturated carbocycles. The van der Waals surface area contributed by atoms with Gasteiger partial charge in [0.2, 0.25) is 0 Å². The second-order valence-corrected chi connectivity index (χ2v) is 5.13. The smallest absolute Gasteiger partial charge is 0.407 e. The number of rotatable bonds is 3. The molecule has 0 fully saturated rings. The molecule has 0 aliphatic rings. The van der Waals surface area contributed by atoms with Gasteiger partial charge >= 0.3 is 6.09 Å². The highest BCUT2D eigenvalue weighted by Crippen LogP contribution is 2.17. The zero-order valence-corrected chi connectivity index (χ0v) is 11.2. The number of amides is 1. The summed E-state index contributed by atoms with van der Waals surface area (Å²) in [5.41, 5.74) is 5.08. The predicted molar refractivity (Wildman–Crippen MR) is 67.5 cm³/mol. The Kier molecular flexibility index (Phi) is 4.83. The molecule has 0 bridgehead atoms. The summed E-state index contributed by atoms with van der Waals surface area (Å²) in [6, 6.07) is 2.90. The van der Waals surface area contributed by atoms with Crippen LogP contribution in [-0.4, -0.2) is 18.2 Å². The van der Waals surface area contributed by atoms with Crippen molar-refractivity contribution in [2.45, 2.75) is 32.4 Å². The van der Waals surface area contributed by atoms with Crippen molar-refractivity contribution in [2.75, 3.05) is 6.54 Å². The molecule has 0 aromatic heterocycles. The Hall–Kier alpha value is -1.69. The van der Waals surface area contributed by atoms with Gasteiger partial charge in [-0.25, -0.2) is 13.6 Å². The Morgan fingerprint density at radius 2 is 2.05 bits per heavy atom. The second kappa shape index (κ2) is 5.97. The van der Waals surface area contributed by atoms with E-state index in [9.17, 15) is 13.6 Å². The van der Waals surface area contributed by atoms with Crippen LogP contribution in [0.2, 0.25) is 0 Å². The molecule has 1 atom stereocenters. The zero-order valence-electron chi connectivity index (χ0n) is 11.2. The van der Waals surface area contributed by atoms with Gasteiger partial charge < -0.3 is 15.8 Å². The standard InChI is InChI=1S/C13H18F2N2O2/c1-13(2,3)19-12(18)17-7-10(16)8-5-4-6-9(14)11(8)15/h4-6,10H,7,16H2,1-3H3,(H,17,18). The summed E-state index contributed by atoms with van der Waals surface area (Å²) in [6.45, 7) is 5.12. The van der Waals surface area contributed by atoms with Crippen molar-refractivity contribution in [1.29, 1.82) is 0 Å². The number of carbonyl (C=O) groups is 1. The number of halogens is 2. The molecule has 1 unspecified atom stereocenters. The molecular weight excluding hydrogens is 254 g/mol. The molecule has 106 valence electrons. The van der Waals surface area contributed by atoms with Crippen molar-refractivity contribution in [3.05, 3.63) is 35.4 Å². The number of hydrogen-bond acceptors (Lipinski definition) is 3. The molecule has 1 aromatic carbocycles. The minimum atomic E-state index is -0.999. The van der Waals surface area contributed by atoms with Gasteiger partial charge in [-0.05, 0) is 26.8 Å². The lowest BCUT2D eigenvalue weighted by molar-refractivity contribution is 0.0524. The first kappa shape index (κ1) is 15.4. The third-order valence-electron chi connectivity index (χ3n) is 2.25. The molecule has 0 saturated heterocycles. The first-order valence-electron chi connectivity index (χ1n) is 5.87. The van der Waals surface area contributed by atoms with Crippen molar-refractivity contribution in [3.63, 3.8) is 0 Å². The van der Waals surface area contributed by atoms with Crippen LogP contribution in [-0.2, 0) is 4.74 Å². The first-order chi connectivity index (χ1) is 8.70. The molecule has 0 aliphatic heterocycles. The van der Waals surface area contributed by atoms with Gasteiger partial charge in [0.05, 0.1) is 6.04 Å². The normalized spacial score (nSPS) is 12.9. The lowest BCUT2D eigenvalue weighted by Crippen LogP contribution is -2.36. The second-order valence-electron chi connectivity index (χ2n) is 5.13. The molecule has 0 radical (unpaired) electrons. The van der Waals surface area contributed by atoms with Gasteiger partial charge in [-0.3, -0.25) is 0 Å². The Labute approximate surface area is 110 Å². The molecule has 1 amide bonds. The summed E-state index contributed by atoms with van der Waals surface area (Å²) in [4.78, 5) is 11.4. The molecule has 19 heavy (non-hydrogen) atoms. The van der Waals surface area contributed by atoms with E-state index in [1.54, 1.807) is 20.8 Å². The van der Waals surface area contributed by atoms with Gasteiger partial charge in [-0.1, -0.05) is 12.1 Å². The maximum Gasteiger partial charge on any atom is 0.407 e. The van der Waals surface area contributed by atoms with E-state index in [0.29, 0.717) is 0 Å². The van der Waals surface area contributed by atoms with E-state index in [-0.39, 0.29) is 12.1 Å². The Balaban J connectivity index is 2.59. The molecule has 3 N–H and O–H groups in total. The maximum absolute atomic E-state index is 13.4. The van der Waals surface area contributed by atoms with Crippen molar-refractivity contribution in [1.82, 2.24) is 5.32 Å². The largest absolute Gasteiger partial charge is 0.444 e. The fourth-order valence-corrected chi connectivity index (χ4v) is 1.42. The lowest BCUT2D eigenvalue weighted by Gasteiger charge is -2.21. The minimum absolute atomic E-state index is 0.0102. The molecule has 1 rings (SSSR count). The Morgan fingerprint density at radius 1 is 1.42 bits per heavy atom. The predicted octanol–water partition coefficient (Wildman–Crippen LogP) is 2.49. The monoisotopic (exact) mass is 272 g/mol. The van der Waals surface area contributed by atoms with Crippen LogP contribution in [0.15, 0.2) is 18.2 Å². The molecule has 4 nitrogen and oxygen atoms in total. The summed E-state index contributed by atoms with van der Waals surface area (Å²) in [5, 5.41) is 2.41. The van der Waals surface area contributed by atoms with Crippen LogP contribution in [0.4, 0.5) is 13.6 Å². The third-order valence-corrected chi connectivity index (χ3v) is 2.25. The van der Waals surface area contributed by atoms with E-state index in [4.69, 9.17) is 10.5 Å². The molecule has 6 heteroatoms. The number of nitrogens with one attached hydrogen (secondary N) is 1. The van der Waals surface area contributed by atoms with Gasteiger partial charge in [0.25, 0.3) is 0 Å². The highest BCUT2D eigenvalue weighted by atomic mass is 19.2. The van der Waals surface area contributed by atoms with Crippen LogP contribution >= 0.6 is 0 Å². The molecule has 1 aromatic rings. The van der Waals surface area contributed by atoms with E-state index >= 15 is 0 Å². The number of alkyl carbamates (subject to hydrolysis) is 1. The number of hydrogen-bond donors (Lipinski definition) is 2. The Bertz CT molecular complexity index is 458. The number of carbonyl (C=O) groups excluding carboxylic acids is 1. The van der Waals surface area contributed by atoms with Gasteiger partial charge in [-0.2, -0.15) is 0 Å². The summed E-state index contributed by atoms with van der Waals surface area (Å²) >= 11 is 0. The summed E-state index contributed by atoms with van der Waals surface area (Å²) in [5.74, 6) is -1.97. The highest BCUT2D eigenvalue weighted by molar-refractivity contribution is 5.67. The van der Waals surface area contributed by atoms with Crippen molar-refractivity contribution < 1.29 is 18.3 Å². The molecule has 0 aliphatic carbocycles. The zero-order chi connectivity index (χ0) is 14.6. The van der Waals surface area contributed by atoms with Gasteiger partial charge in [0, 0.05) is 12.1 Å². The van der Waals surface area contributed by atoms with E-state index in [2.05, 4.69) is 5.32 Å². The third kappa shape index (κ3) is 4.82. The van der Waals surface area contributed by atoms with E-state index < -0.39 is 29.4 Å². The summed E-state index contributed by atoms with van der Waals surface area (Å²) in [6.07, 6.45) is -0.653. The van der Waals surface area contributed by atoms with Gasteiger partial charge in [0.15, 0.2) is 11.6 Å². The average molecular weight is 272 g/mol. The van der Waals surface area contributed by atoms with E-state index in [0.717, 1.165) is 6.07 Å². The SMILES string of the molecule is CC(C)(C)OC(=O)NCC(N)c1cccc(F)c1F. The van der Waals surface area contributed by atoms with E-state index in [1.165, 1.54) is 12.1 Å². The fraction of sp³-hybridized carbons (Fsp3) is 0.462. The quantitative estimate of drug-likeness (QED) is 0.888. The topological polar surface area (TPSA) is 64.3 Å². The fourth-order valence-electron chi connectivity index (χ4n) is 1.42. The lowest BCUT2D eigenvalue weighted by atomic mass is 10.1. The number of ether oxygens (including phenoxy) is 1. The average Bonchev–Trinajstić information content (AvgIpc) is 2.27. The van der Waals surface area contributed by atoms with Crippen molar-refractivity contribution in [3.8, 4) is 0 Å². The maximum atomic E-state index is 13.4. The first-order valence-corrected chi connectivity index (χ1v) is 5.87. The molecule has 0 heterocycles. The van der Waals surface area contributed by atoms with Crippen LogP contribution < -0.4 is 11.1 Å². The number of benzene rings is 1. The highest BCUT2D eigenvalue weighted by Gasteiger charge is 2.18. The van der Waals surface area contributed by atoms with Crippen LogP contribution in [0.5, 0.6) is 0 Å². The van der Waals surface area contributed by atoms with Crippen LogP contribution in [0.1, 0.15) is 32.4 Å². The summed E-state index contributed by atoms with van der Waals surface area (Å²) < 4.78 is 31.5. The van der Waals surface area contributed by atoms with E-state index in [1.807, 2.05) is 0 Å². The van der Waals surface area contributed by atoms with Gasteiger partial charge in [-0.15, -0.1) is 0 Å². The summed E-state index contributed by atoms with van der Waals surface area (Å²) in [7, 11) is 0. The molecule has 0 spiro atoms. The Morgan fingerprint density at radius 3 is 2.63 bits per heavy atom. The van der Waals surface area contributed by atoms with Crippen LogP contribution in [0.3, 0.4) is 0 Å². The van der Waals surface area contributed by atoms with Crippen LogP contribution in [0.25, 0.3) is 0 Å². The van der Waals surface area contributed by atoms with Crippen molar-refractivity contribution >= 4 is 6.09 Å². The van der Waals surface area contributed by atoms with Crippen LogP contribution in [0, 0.1) is 11.6 Å². The molecular formula is C13H18F2N2O2. The minimum Gasteiger partial charge on any atom is -0.444 e. The van der Waals surface area contributed by atoms with Gasteiger partial charge in [0.1, 0.15) is 5.60 Å². The number of nitrogens with two attached hydrogens (primary N) is 1.